The van der Waals surface area contributed by atoms with Crippen molar-refractivity contribution in [3.05, 3.63) is 47.6 Å². The van der Waals surface area contributed by atoms with Crippen LogP contribution in [-0.4, -0.2) is 46.0 Å². The summed E-state index contributed by atoms with van der Waals surface area (Å²) in [5, 5.41) is 5.59. The number of halogens is 3. The molecule has 0 saturated carbocycles. The van der Waals surface area contributed by atoms with Crippen LogP contribution in [0.1, 0.15) is 5.56 Å². The van der Waals surface area contributed by atoms with Crippen molar-refractivity contribution in [2.75, 3.05) is 24.7 Å². The van der Waals surface area contributed by atoms with Crippen LogP contribution in [0.2, 0.25) is 0 Å². The molecule has 0 bridgehead atoms. The minimum Gasteiger partial charge on any atom is -0.336 e. The van der Waals surface area contributed by atoms with E-state index in [1.54, 1.807) is 0 Å². The molecule has 11 heteroatoms. The summed E-state index contributed by atoms with van der Waals surface area (Å²) in [5.74, 6) is -1.04. The molecule has 152 valence electrons. The lowest BCUT2D eigenvalue weighted by atomic mass is 10.1. The Kier molecular flexibility index (Phi) is 6.38. The molecule has 0 spiro atoms. The van der Waals surface area contributed by atoms with Gasteiger partial charge in [-0.15, -0.1) is 11.3 Å². The van der Waals surface area contributed by atoms with E-state index in [4.69, 9.17) is 0 Å². The predicted molar refractivity (Wildman–Crippen MR) is 106 cm³/mol. The van der Waals surface area contributed by atoms with Crippen LogP contribution in [0.3, 0.4) is 0 Å². The van der Waals surface area contributed by atoms with Gasteiger partial charge in [0.25, 0.3) is 0 Å². The van der Waals surface area contributed by atoms with Gasteiger partial charge in [0.15, 0.2) is 0 Å². The normalized spacial score (nSPS) is 11.4. The van der Waals surface area contributed by atoms with E-state index in [1.165, 1.54) is 54.7 Å². The van der Waals surface area contributed by atoms with Gasteiger partial charge in [-0.25, -0.2) is 9.97 Å². The molecule has 1 aromatic carbocycles. The van der Waals surface area contributed by atoms with Gasteiger partial charge in [-0.05, 0) is 23.6 Å². The highest BCUT2D eigenvalue weighted by molar-refractivity contribution is 8.00. The molecule has 2 amide bonds. The highest BCUT2D eigenvalue weighted by Gasteiger charge is 2.33. The maximum Gasteiger partial charge on any atom is 0.418 e. The highest BCUT2D eigenvalue weighted by Crippen LogP contribution is 2.34. The number of thioether (sulfide) groups is 1. The Morgan fingerprint density at radius 3 is 2.72 bits per heavy atom. The fourth-order valence-corrected chi connectivity index (χ4v) is 4.18. The fourth-order valence-electron chi connectivity index (χ4n) is 2.46. The fraction of sp³-hybridized carbons (Fsp3) is 0.222. The second kappa shape index (κ2) is 8.78. The molecule has 3 aromatic rings. The minimum atomic E-state index is -4.59. The third-order valence-corrected chi connectivity index (χ3v) is 5.68. The van der Waals surface area contributed by atoms with E-state index in [1.807, 2.05) is 11.4 Å². The van der Waals surface area contributed by atoms with Crippen LogP contribution in [0.5, 0.6) is 0 Å². The number of likely N-dealkylation sites (N-methyl/N-ethyl adjacent to an activating group) is 1. The topological polar surface area (TPSA) is 75.2 Å². The Morgan fingerprint density at radius 2 is 1.97 bits per heavy atom. The van der Waals surface area contributed by atoms with E-state index in [0.29, 0.717) is 5.03 Å². The third kappa shape index (κ3) is 5.24. The van der Waals surface area contributed by atoms with Crippen LogP contribution in [0.4, 0.5) is 18.9 Å². The number of hydrogen-bond donors (Lipinski definition) is 1. The first-order valence-corrected chi connectivity index (χ1v) is 10.1. The maximum absolute atomic E-state index is 13.0. The van der Waals surface area contributed by atoms with Crippen LogP contribution in [0.15, 0.2) is 47.1 Å². The number of benzene rings is 1. The van der Waals surface area contributed by atoms with E-state index in [-0.39, 0.29) is 23.9 Å². The summed E-state index contributed by atoms with van der Waals surface area (Å²) >= 11 is 2.67. The van der Waals surface area contributed by atoms with Crippen molar-refractivity contribution in [2.45, 2.75) is 11.2 Å². The van der Waals surface area contributed by atoms with Gasteiger partial charge in [0, 0.05) is 12.4 Å². The largest absolute Gasteiger partial charge is 0.418 e. The van der Waals surface area contributed by atoms with E-state index in [9.17, 15) is 22.8 Å². The van der Waals surface area contributed by atoms with Crippen LogP contribution in [-0.2, 0) is 15.8 Å². The highest BCUT2D eigenvalue weighted by atomic mass is 32.2. The molecule has 0 unspecified atom stereocenters. The van der Waals surface area contributed by atoms with Crippen molar-refractivity contribution in [3.63, 3.8) is 0 Å². The number of para-hydroxylation sites is 1. The second-order valence-corrected chi connectivity index (χ2v) is 7.81. The zero-order chi connectivity index (χ0) is 21.0. The Hall–Kier alpha value is -2.66. The van der Waals surface area contributed by atoms with Crippen molar-refractivity contribution in [3.8, 4) is 0 Å². The number of aromatic nitrogens is 2. The molecule has 0 fully saturated rings. The van der Waals surface area contributed by atoms with Crippen LogP contribution < -0.4 is 5.32 Å². The Morgan fingerprint density at radius 1 is 1.21 bits per heavy atom. The molecule has 6 nitrogen and oxygen atoms in total. The maximum atomic E-state index is 13.0. The first-order chi connectivity index (χ1) is 13.8. The number of carbonyl (C=O) groups excluding carboxylic acids is 2. The molecule has 0 atom stereocenters. The van der Waals surface area contributed by atoms with Gasteiger partial charge in [-0.2, -0.15) is 13.2 Å². The van der Waals surface area contributed by atoms with Crippen molar-refractivity contribution in [2.24, 2.45) is 0 Å². The molecule has 2 aromatic heterocycles. The van der Waals surface area contributed by atoms with Gasteiger partial charge in [-0.3, -0.25) is 9.59 Å². The third-order valence-electron chi connectivity index (χ3n) is 3.87. The molecule has 2 heterocycles. The van der Waals surface area contributed by atoms with E-state index < -0.39 is 17.6 Å². The molecule has 0 saturated heterocycles. The Bertz CT molecular complexity index is 1040. The number of thiophene rings is 1. The molecule has 0 aliphatic heterocycles. The summed E-state index contributed by atoms with van der Waals surface area (Å²) < 4.78 is 39.0. The number of fused-ring (bicyclic) bond motifs is 1. The SMILES string of the molecule is CN(CC(=O)Nc1ccccc1C(F)(F)F)C(=O)CSc1ncnc2sccc12. The minimum absolute atomic E-state index is 0.0326. The number of alkyl halides is 3. The zero-order valence-electron chi connectivity index (χ0n) is 15.1. The molecule has 0 aliphatic carbocycles. The number of nitrogens with one attached hydrogen (secondary N) is 1. The van der Waals surface area contributed by atoms with Crippen LogP contribution in [0, 0.1) is 0 Å². The van der Waals surface area contributed by atoms with E-state index in [2.05, 4.69) is 15.3 Å². The molecule has 29 heavy (non-hydrogen) atoms. The summed E-state index contributed by atoms with van der Waals surface area (Å²) in [7, 11) is 1.41. The Balaban J connectivity index is 1.57. The van der Waals surface area contributed by atoms with Crippen LogP contribution in [0.25, 0.3) is 10.2 Å². The number of amides is 2. The van der Waals surface area contributed by atoms with Gasteiger partial charge in [0.2, 0.25) is 11.8 Å². The number of hydrogen-bond acceptors (Lipinski definition) is 6. The Labute approximate surface area is 172 Å². The van der Waals surface area contributed by atoms with Gasteiger partial charge in [0.1, 0.15) is 16.2 Å². The van der Waals surface area contributed by atoms with Crippen molar-refractivity contribution in [1.82, 2.24) is 14.9 Å². The quantitative estimate of drug-likeness (QED) is 0.465. The lowest BCUT2D eigenvalue weighted by Crippen LogP contribution is -2.36. The summed E-state index contributed by atoms with van der Waals surface area (Å²) in [6, 6.07) is 6.54. The van der Waals surface area contributed by atoms with Crippen LogP contribution >= 0.6 is 23.1 Å². The first-order valence-electron chi connectivity index (χ1n) is 8.26. The predicted octanol–water partition coefficient (Wildman–Crippen LogP) is 3.90. The lowest BCUT2D eigenvalue weighted by Gasteiger charge is -2.18. The summed E-state index contributed by atoms with van der Waals surface area (Å²) in [6.45, 7) is -0.372. The molecular weight excluding hydrogens is 425 g/mol. The smallest absolute Gasteiger partial charge is 0.336 e. The summed E-state index contributed by atoms with van der Waals surface area (Å²) in [4.78, 5) is 34.7. The second-order valence-electron chi connectivity index (χ2n) is 5.95. The van der Waals surface area contributed by atoms with E-state index >= 15 is 0 Å². The van der Waals surface area contributed by atoms with Crippen molar-refractivity contribution in [1.29, 1.82) is 0 Å². The zero-order valence-corrected chi connectivity index (χ0v) is 16.7. The molecule has 1 N–H and O–H groups in total. The average molecular weight is 440 g/mol. The summed E-state index contributed by atoms with van der Waals surface area (Å²) in [5.41, 5.74) is -1.29. The van der Waals surface area contributed by atoms with Gasteiger partial charge in [-0.1, -0.05) is 23.9 Å². The summed E-state index contributed by atoms with van der Waals surface area (Å²) in [6.07, 6.45) is -3.17. The molecule has 0 radical (unpaired) electrons. The number of carbonyl (C=O) groups is 2. The molecular formula is C18H15F3N4O2S2. The van der Waals surface area contributed by atoms with Crippen molar-refractivity contribution >= 4 is 50.8 Å². The number of nitrogens with zero attached hydrogens (tertiary/aromatic N) is 3. The molecule has 0 aliphatic rings. The number of anilines is 1. The molecule has 3 rings (SSSR count). The number of rotatable bonds is 6. The standard InChI is InChI=1S/C18H15F3N4O2S2/c1-25(8-14(26)24-13-5-3-2-4-12(13)18(19,20)21)15(27)9-29-17-11-6-7-28-16(11)22-10-23-17/h2-7,10H,8-9H2,1H3,(H,24,26). The van der Waals surface area contributed by atoms with Crippen molar-refractivity contribution < 1.29 is 22.8 Å². The first kappa shape index (κ1) is 21.1. The van der Waals surface area contributed by atoms with Gasteiger partial charge >= 0.3 is 6.18 Å². The van der Waals surface area contributed by atoms with E-state index in [0.717, 1.165) is 21.2 Å². The lowest BCUT2D eigenvalue weighted by molar-refractivity contribution is -0.137. The monoisotopic (exact) mass is 440 g/mol. The van der Waals surface area contributed by atoms with Gasteiger partial charge < -0.3 is 10.2 Å². The van der Waals surface area contributed by atoms with Gasteiger partial charge in [0.05, 0.1) is 23.5 Å². The average Bonchev–Trinajstić information content (AvgIpc) is 3.14.